The highest BCUT2D eigenvalue weighted by Gasteiger charge is 2.26. The summed E-state index contributed by atoms with van der Waals surface area (Å²) in [6, 6.07) is 0. The van der Waals surface area contributed by atoms with Gasteiger partial charge in [0.15, 0.2) is 6.10 Å². The molecule has 9 heteroatoms. The van der Waals surface area contributed by atoms with Crippen molar-refractivity contribution in [3.8, 4) is 0 Å². The molecule has 28 heavy (non-hydrogen) atoms. The number of anilines is 1. The molecule has 1 atom stereocenters. The number of esters is 1. The Bertz CT molecular complexity index is 885. The number of ether oxygens (including phenoxy) is 1. The number of nitrogen functional groups attached to an aromatic ring is 1. The molecule has 1 aliphatic heterocycles. The van der Waals surface area contributed by atoms with Gasteiger partial charge in [-0.3, -0.25) is 9.59 Å². The number of carbonyl (C=O) groups is 2. The first kappa shape index (κ1) is 20.0. The minimum absolute atomic E-state index is 0.117. The van der Waals surface area contributed by atoms with Crippen LogP contribution in [0.4, 0.5) is 5.95 Å². The summed E-state index contributed by atoms with van der Waals surface area (Å²) in [6.07, 6.45) is 1.83. The van der Waals surface area contributed by atoms with Crippen molar-refractivity contribution in [2.24, 2.45) is 5.92 Å². The maximum absolute atomic E-state index is 12.5. The predicted octanol–water partition coefficient (Wildman–Crippen LogP) is 1.45. The van der Waals surface area contributed by atoms with E-state index in [1.165, 1.54) is 0 Å². The zero-order chi connectivity index (χ0) is 20.4. The van der Waals surface area contributed by atoms with E-state index >= 15 is 0 Å². The summed E-state index contributed by atoms with van der Waals surface area (Å²) < 4.78 is 6.96. The summed E-state index contributed by atoms with van der Waals surface area (Å²) in [6.45, 7) is 9.04. The molecular formula is C19H28N6O3. The van der Waals surface area contributed by atoms with E-state index in [2.05, 4.69) is 22.0 Å². The largest absolute Gasteiger partial charge is 0.453 e. The third-order valence-electron chi connectivity index (χ3n) is 5.40. The SMILES string of the molecule is Cc1nc2nc(N)nn2c(C)c1CCC(=O)OC(C)C(=O)N1CCC(C)CC1. The minimum Gasteiger partial charge on any atom is -0.453 e. The molecule has 0 radical (unpaired) electrons. The fraction of sp³-hybridized carbons (Fsp3) is 0.632. The third kappa shape index (κ3) is 4.23. The van der Waals surface area contributed by atoms with E-state index in [1.54, 1.807) is 16.3 Å². The lowest BCUT2D eigenvalue weighted by Crippen LogP contribution is -2.44. The average Bonchev–Trinajstić information content (AvgIpc) is 3.01. The number of likely N-dealkylation sites (tertiary alicyclic amines) is 1. The van der Waals surface area contributed by atoms with Gasteiger partial charge in [-0.05, 0) is 51.5 Å². The number of fused-ring (bicyclic) bond motifs is 1. The second-order valence-electron chi connectivity index (χ2n) is 7.58. The number of nitrogens with zero attached hydrogens (tertiary/aromatic N) is 5. The van der Waals surface area contributed by atoms with Crippen LogP contribution in [0, 0.1) is 19.8 Å². The predicted molar refractivity (Wildman–Crippen MR) is 104 cm³/mol. The molecule has 1 aliphatic rings. The van der Waals surface area contributed by atoms with Gasteiger partial charge in [0.25, 0.3) is 11.7 Å². The summed E-state index contributed by atoms with van der Waals surface area (Å²) in [5.41, 5.74) is 8.16. The van der Waals surface area contributed by atoms with Crippen LogP contribution in [0.5, 0.6) is 0 Å². The fourth-order valence-corrected chi connectivity index (χ4v) is 3.61. The van der Waals surface area contributed by atoms with Crippen LogP contribution in [0.1, 0.15) is 50.1 Å². The van der Waals surface area contributed by atoms with Crippen molar-refractivity contribution < 1.29 is 14.3 Å². The van der Waals surface area contributed by atoms with E-state index in [0.717, 1.165) is 42.9 Å². The van der Waals surface area contributed by atoms with Gasteiger partial charge in [-0.2, -0.15) is 9.50 Å². The van der Waals surface area contributed by atoms with Crippen LogP contribution in [-0.4, -0.2) is 55.6 Å². The van der Waals surface area contributed by atoms with Crippen molar-refractivity contribution in [1.82, 2.24) is 24.5 Å². The van der Waals surface area contributed by atoms with Gasteiger partial charge < -0.3 is 15.4 Å². The Kier molecular flexibility index (Phi) is 5.81. The number of nitrogens with two attached hydrogens (primary N) is 1. The van der Waals surface area contributed by atoms with E-state index in [9.17, 15) is 9.59 Å². The van der Waals surface area contributed by atoms with Crippen LogP contribution >= 0.6 is 0 Å². The van der Waals surface area contributed by atoms with Gasteiger partial charge in [-0.1, -0.05) is 6.92 Å². The standard InChI is InChI=1S/C19H28N6O3/c1-11-7-9-24(10-8-11)17(27)14(4)28-16(26)6-5-15-12(2)21-19-22-18(20)23-25(19)13(15)3/h11,14H,5-10H2,1-4H3,(H2,20,23). The van der Waals surface area contributed by atoms with Gasteiger partial charge in [0.05, 0.1) is 0 Å². The lowest BCUT2D eigenvalue weighted by molar-refractivity contribution is -0.159. The maximum atomic E-state index is 12.5. The molecular weight excluding hydrogens is 360 g/mol. The van der Waals surface area contributed by atoms with Gasteiger partial charge >= 0.3 is 5.97 Å². The highest BCUT2D eigenvalue weighted by Crippen LogP contribution is 2.18. The molecule has 152 valence electrons. The molecule has 3 heterocycles. The van der Waals surface area contributed by atoms with Crippen LogP contribution in [0.15, 0.2) is 0 Å². The molecule has 3 rings (SSSR count). The van der Waals surface area contributed by atoms with E-state index in [4.69, 9.17) is 10.5 Å². The van der Waals surface area contributed by atoms with Gasteiger partial charge in [-0.25, -0.2) is 4.98 Å². The highest BCUT2D eigenvalue weighted by atomic mass is 16.5. The summed E-state index contributed by atoms with van der Waals surface area (Å²) in [5, 5.41) is 4.12. The van der Waals surface area contributed by atoms with Crippen molar-refractivity contribution in [2.75, 3.05) is 18.8 Å². The molecule has 2 aromatic heterocycles. The van der Waals surface area contributed by atoms with Crippen LogP contribution in [-0.2, 0) is 20.7 Å². The lowest BCUT2D eigenvalue weighted by atomic mass is 9.99. The topological polar surface area (TPSA) is 116 Å². The molecule has 0 aromatic carbocycles. The van der Waals surface area contributed by atoms with Gasteiger partial charge in [0.2, 0.25) is 5.95 Å². The van der Waals surface area contributed by atoms with Gasteiger partial charge in [0, 0.05) is 30.9 Å². The van der Waals surface area contributed by atoms with Crippen molar-refractivity contribution in [2.45, 2.75) is 59.5 Å². The maximum Gasteiger partial charge on any atom is 0.306 e. The first-order valence-electron chi connectivity index (χ1n) is 9.73. The minimum atomic E-state index is -0.765. The van der Waals surface area contributed by atoms with E-state index in [-0.39, 0.29) is 18.3 Å². The van der Waals surface area contributed by atoms with Crippen LogP contribution in [0.3, 0.4) is 0 Å². The molecule has 2 N–H and O–H groups in total. The summed E-state index contributed by atoms with van der Waals surface area (Å²) >= 11 is 0. The Morgan fingerprint density at radius 1 is 1.25 bits per heavy atom. The van der Waals surface area contributed by atoms with Crippen LogP contribution in [0.2, 0.25) is 0 Å². The monoisotopic (exact) mass is 388 g/mol. The molecule has 0 aliphatic carbocycles. The van der Waals surface area contributed by atoms with Crippen molar-refractivity contribution in [1.29, 1.82) is 0 Å². The molecule has 0 bridgehead atoms. The fourth-order valence-electron chi connectivity index (χ4n) is 3.61. The van der Waals surface area contributed by atoms with Gasteiger partial charge in [0.1, 0.15) is 0 Å². The third-order valence-corrected chi connectivity index (χ3v) is 5.40. The van der Waals surface area contributed by atoms with Crippen LogP contribution < -0.4 is 5.73 Å². The summed E-state index contributed by atoms with van der Waals surface area (Å²) in [7, 11) is 0. The molecule has 0 spiro atoms. The number of piperidine rings is 1. The Hall–Kier alpha value is -2.71. The molecule has 1 unspecified atom stereocenters. The molecule has 2 aromatic rings. The normalized spacial score (nSPS) is 16.4. The Morgan fingerprint density at radius 3 is 2.61 bits per heavy atom. The molecule has 1 fully saturated rings. The quantitative estimate of drug-likeness (QED) is 0.771. The first-order chi connectivity index (χ1) is 13.3. The zero-order valence-electron chi connectivity index (χ0n) is 16.9. The average molecular weight is 388 g/mol. The Balaban J connectivity index is 1.58. The second-order valence-corrected chi connectivity index (χ2v) is 7.58. The second kappa shape index (κ2) is 8.12. The molecule has 0 saturated carbocycles. The summed E-state index contributed by atoms with van der Waals surface area (Å²) in [5.74, 6) is 0.719. The van der Waals surface area contributed by atoms with E-state index in [0.29, 0.717) is 18.1 Å². The number of amides is 1. The number of hydrogen-bond acceptors (Lipinski definition) is 7. The number of hydrogen-bond donors (Lipinski definition) is 1. The first-order valence-corrected chi connectivity index (χ1v) is 9.73. The smallest absolute Gasteiger partial charge is 0.306 e. The van der Waals surface area contributed by atoms with Crippen LogP contribution in [0.25, 0.3) is 5.78 Å². The van der Waals surface area contributed by atoms with E-state index in [1.807, 2.05) is 13.8 Å². The Morgan fingerprint density at radius 2 is 1.93 bits per heavy atom. The number of aryl methyl sites for hydroxylation is 2. The van der Waals surface area contributed by atoms with Crippen molar-refractivity contribution in [3.63, 3.8) is 0 Å². The summed E-state index contributed by atoms with van der Waals surface area (Å²) in [4.78, 5) is 35.0. The van der Waals surface area contributed by atoms with Crippen molar-refractivity contribution in [3.05, 3.63) is 17.0 Å². The van der Waals surface area contributed by atoms with E-state index < -0.39 is 12.1 Å². The molecule has 1 saturated heterocycles. The molecule has 9 nitrogen and oxygen atoms in total. The Labute approximate surface area is 164 Å². The number of aromatic nitrogens is 4. The number of carbonyl (C=O) groups excluding carboxylic acids is 2. The van der Waals surface area contributed by atoms with Crippen molar-refractivity contribution >= 4 is 23.6 Å². The number of rotatable bonds is 5. The zero-order valence-corrected chi connectivity index (χ0v) is 16.9. The van der Waals surface area contributed by atoms with Gasteiger partial charge in [-0.15, -0.1) is 5.10 Å². The lowest BCUT2D eigenvalue weighted by Gasteiger charge is -2.31. The highest BCUT2D eigenvalue weighted by molar-refractivity contribution is 5.83. The molecule has 1 amide bonds.